The molecule has 128 valence electrons. The molecule has 0 aliphatic carbocycles. The lowest BCUT2D eigenvalue weighted by molar-refractivity contribution is -0.385. The molecular weight excluding hydrogens is 531 g/mol. The van der Waals surface area contributed by atoms with Crippen molar-refractivity contribution in [2.45, 2.75) is 0 Å². The van der Waals surface area contributed by atoms with Gasteiger partial charge >= 0.3 is 0 Å². The Kier molecular flexibility index (Phi) is 4.82. The number of carbonyl (C=O) groups is 1. The Bertz CT molecular complexity index is 1070. The van der Waals surface area contributed by atoms with E-state index in [1.54, 1.807) is 7.05 Å². The fraction of sp³-hybridized carbons (Fsp3) is 0.0667. The van der Waals surface area contributed by atoms with Gasteiger partial charge < -0.3 is 0 Å². The molecule has 0 N–H and O–H groups in total. The van der Waals surface area contributed by atoms with Crippen LogP contribution in [0.1, 0.15) is 15.9 Å². The monoisotopic (exact) mass is 537 g/mol. The Morgan fingerprint density at radius 3 is 2.76 bits per heavy atom. The molecule has 0 radical (unpaired) electrons. The van der Waals surface area contributed by atoms with Gasteiger partial charge in [0.05, 0.1) is 19.9 Å². The minimum Gasteiger partial charge on any atom is -0.288 e. The molecule has 6 nitrogen and oxygen atoms in total. The van der Waals surface area contributed by atoms with Gasteiger partial charge in [-0.1, -0.05) is 11.6 Å². The highest BCUT2D eigenvalue weighted by Gasteiger charge is 2.30. The number of ketones is 1. The van der Waals surface area contributed by atoms with E-state index in [0.717, 1.165) is 12.1 Å². The average molecular weight is 538 g/mol. The maximum atomic E-state index is 13.5. The van der Waals surface area contributed by atoms with Gasteiger partial charge in [-0.05, 0) is 56.7 Å². The molecule has 0 fully saturated rings. The predicted octanol–water partition coefficient (Wildman–Crippen LogP) is 4.87. The molecule has 3 rings (SSSR count). The number of benzene rings is 2. The van der Waals surface area contributed by atoms with E-state index in [9.17, 15) is 19.3 Å². The summed E-state index contributed by atoms with van der Waals surface area (Å²) in [5, 5.41) is 16.3. The quantitative estimate of drug-likeness (QED) is 0.206. The number of fused-ring (bicyclic) bond motifs is 1. The third-order valence-corrected chi connectivity index (χ3v) is 5.50. The zero-order valence-electron chi connectivity index (χ0n) is 12.4. The first-order valence-corrected chi connectivity index (χ1v) is 8.96. The van der Waals surface area contributed by atoms with E-state index in [4.69, 9.17) is 11.6 Å². The molecule has 3 aromatic rings. The number of hydrogen-bond donors (Lipinski definition) is 0. The van der Waals surface area contributed by atoms with Gasteiger partial charge in [-0.25, -0.2) is 4.39 Å². The third-order valence-electron chi connectivity index (χ3n) is 3.60. The molecule has 1 aromatic heterocycles. The Morgan fingerprint density at radius 2 is 2.12 bits per heavy atom. The molecule has 2 aromatic carbocycles. The van der Waals surface area contributed by atoms with Crippen LogP contribution in [-0.4, -0.2) is 20.5 Å². The molecule has 0 aliphatic heterocycles. The van der Waals surface area contributed by atoms with Crippen molar-refractivity contribution in [2.75, 3.05) is 0 Å². The van der Waals surface area contributed by atoms with Crippen LogP contribution in [0.2, 0.25) is 5.02 Å². The summed E-state index contributed by atoms with van der Waals surface area (Å²) in [7, 11) is 1.66. The zero-order chi connectivity index (χ0) is 18.5. The molecule has 10 heteroatoms. The minimum atomic E-state index is -0.749. The highest BCUT2D eigenvalue weighted by atomic mass is 127. The summed E-state index contributed by atoms with van der Waals surface area (Å²) in [6, 6.07) is 4.58. The van der Waals surface area contributed by atoms with E-state index in [2.05, 4.69) is 21.0 Å². The van der Waals surface area contributed by atoms with Crippen molar-refractivity contribution in [3.8, 4) is 0 Å². The third kappa shape index (κ3) is 3.04. The molecule has 25 heavy (non-hydrogen) atoms. The number of rotatable bonds is 3. The first kappa shape index (κ1) is 18.2. The standard InChI is InChI=1S/C15H7BrClFIN3O3/c1-21-13-8(15(19)20-21)5-10(22(24)25)11(12(13)16)14(23)7-4-6(18)2-3-9(7)17/h2-5H,1H3. The summed E-state index contributed by atoms with van der Waals surface area (Å²) in [6.45, 7) is 0. The van der Waals surface area contributed by atoms with Gasteiger partial charge in [0.2, 0.25) is 5.78 Å². The molecule has 0 amide bonds. The Balaban J connectivity index is 2.38. The van der Waals surface area contributed by atoms with Gasteiger partial charge in [0, 0.05) is 24.1 Å². The van der Waals surface area contributed by atoms with Crippen LogP contribution in [0.15, 0.2) is 28.7 Å². The van der Waals surface area contributed by atoms with Crippen LogP contribution in [0.3, 0.4) is 0 Å². The van der Waals surface area contributed by atoms with Crippen LogP contribution in [-0.2, 0) is 7.05 Å². The smallest absolute Gasteiger partial charge is 0.282 e. The van der Waals surface area contributed by atoms with Crippen LogP contribution < -0.4 is 0 Å². The Morgan fingerprint density at radius 1 is 1.44 bits per heavy atom. The largest absolute Gasteiger partial charge is 0.288 e. The maximum absolute atomic E-state index is 13.5. The van der Waals surface area contributed by atoms with Crippen LogP contribution in [0.4, 0.5) is 10.1 Å². The SMILES string of the molecule is Cn1nc(I)c2cc([N+](=O)[O-])c(C(=O)c3cc(F)ccc3Cl)c(Br)c21. The van der Waals surface area contributed by atoms with Crippen molar-refractivity contribution in [3.63, 3.8) is 0 Å². The molecule has 0 aliphatic rings. The number of carbonyl (C=O) groups excluding carboxylic acids is 1. The molecular formula is C15H7BrClFIN3O3. The number of nitro groups is 1. The molecule has 1 heterocycles. The fourth-order valence-corrected chi connectivity index (χ4v) is 4.29. The van der Waals surface area contributed by atoms with Crippen molar-refractivity contribution < 1.29 is 14.1 Å². The topological polar surface area (TPSA) is 78.0 Å². The summed E-state index contributed by atoms with van der Waals surface area (Å²) in [5.74, 6) is -1.41. The summed E-state index contributed by atoms with van der Waals surface area (Å²) in [6.07, 6.45) is 0. The molecule has 0 atom stereocenters. The van der Waals surface area contributed by atoms with Gasteiger partial charge in [0.25, 0.3) is 5.69 Å². The summed E-state index contributed by atoms with van der Waals surface area (Å²) in [4.78, 5) is 23.8. The van der Waals surface area contributed by atoms with Crippen LogP contribution in [0.5, 0.6) is 0 Å². The highest BCUT2D eigenvalue weighted by Crippen LogP contribution is 2.38. The second-order valence-corrected chi connectivity index (χ2v) is 7.33. The number of aromatic nitrogens is 2. The molecule has 0 bridgehead atoms. The van der Waals surface area contributed by atoms with Gasteiger partial charge in [-0.15, -0.1) is 0 Å². The normalized spacial score (nSPS) is 11.1. The van der Waals surface area contributed by atoms with Crippen molar-refractivity contribution in [2.24, 2.45) is 7.05 Å². The van der Waals surface area contributed by atoms with Crippen LogP contribution in [0, 0.1) is 19.6 Å². The lowest BCUT2D eigenvalue weighted by Gasteiger charge is -2.09. The number of nitro benzene ring substituents is 1. The van der Waals surface area contributed by atoms with E-state index < -0.39 is 22.2 Å². The summed E-state index contributed by atoms with van der Waals surface area (Å²) < 4.78 is 15.8. The van der Waals surface area contributed by atoms with Crippen molar-refractivity contribution in [1.82, 2.24) is 9.78 Å². The molecule has 0 unspecified atom stereocenters. The van der Waals surface area contributed by atoms with E-state index in [-0.39, 0.29) is 20.6 Å². The average Bonchev–Trinajstić information content (AvgIpc) is 2.83. The number of aryl methyl sites for hydroxylation is 1. The lowest BCUT2D eigenvalue weighted by Crippen LogP contribution is -2.09. The van der Waals surface area contributed by atoms with Crippen LogP contribution >= 0.6 is 50.1 Å². The zero-order valence-corrected chi connectivity index (χ0v) is 16.9. The fourth-order valence-electron chi connectivity index (χ4n) is 2.50. The first-order chi connectivity index (χ1) is 11.7. The number of halogens is 4. The van der Waals surface area contributed by atoms with Gasteiger partial charge in [0.15, 0.2) is 0 Å². The maximum Gasteiger partial charge on any atom is 0.282 e. The van der Waals surface area contributed by atoms with Crippen molar-refractivity contribution >= 4 is 72.5 Å². The summed E-state index contributed by atoms with van der Waals surface area (Å²) >= 11 is 11.2. The molecule has 0 spiro atoms. The summed E-state index contributed by atoms with van der Waals surface area (Å²) in [5.41, 5.74) is -0.243. The number of nitrogens with zero attached hydrogens (tertiary/aromatic N) is 3. The van der Waals surface area contributed by atoms with E-state index >= 15 is 0 Å². The predicted molar refractivity (Wildman–Crippen MR) is 103 cm³/mol. The second-order valence-electron chi connectivity index (χ2n) is 5.11. The van der Waals surface area contributed by atoms with E-state index in [1.807, 2.05) is 22.6 Å². The molecule has 0 saturated heterocycles. The van der Waals surface area contributed by atoms with Gasteiger partial charge in [-0.3, -0.25) is 19.6 Å². The Hall–Kier alpha value is -1.59. The van der Waals surface area contributed by atoms with Crippen molar-refractivity contribution in [3.05, 3.63) is 64.5 Å². The second kappa shape index (κ2) is 6.61. The first-order valence-electron chi connectivity index (χ1n) is 6.71. The van der Waals surface area contributed by atoms with Gasteiger partial charge in [0.1, 0.15) is 15.1 Å². The van der Waals surface area contributed by atoms with E-state index in [1.165, 1.54) is 16.8 Å². The number of hydrogen-bond acceptors (Lipinski definition) is 4. The highest BCUT2D eigenvalue weighted by molar-refractivity contribution is 14.1. The molecule has 0 saturated carbocycles. The van der Waals surface area contributed by atoms with Gasteiger partial charge in [-0.2, -0.15) is 5.10 Å². The van der Waals surface area contributed by atoms with E-state index in [0.29, 0.717) is 14.6 Å². The van der Waals surface area contributed by atoms with Crippen molar-refractivity contribution in [1.29, 1.82) is 0 Å². The van der Waals surface area contributed by atoms with Crippen LogP contribution in [0.25, 0.3) is 10.9 Å². The Labute approximate surface area is 167 Å². The minimum absolute atomic E-state index is 0.00674. The lowest BCUT2D eigenvalue weighted by atomic mass is 10.00.